The van der Waals surface area contributed by atoms with E-state index in [2.05, 4.69) is 10.3 Å². The lowest BCUT2D eigenvalue weighted by atomic mass is 10.0. The fourth-order valence-corrected chi connectivity index (χ4v) is 3.24. The molecule has 2 heterocycles. The van der Waals surface area contributed by atoms with Gasteiger partial charge in [-0.25, -0.2) is 4.98 Å². The van der Waals surface area contributed by atoms with Crippen LogP contribution in [0.4, 0.5) is 5.13 Å². The zero-order valence-electron chi connectivity index (χ0n) is 13.2. The smallest absolute Gasteiger partial charge is 0.228 e. The number of hydrogen-bond donors (Lipinski definition) is 2. The number of rotatable bonds is 5. The van der Waals surface area contributed by atoms with Crippen LogP contribution >= 0.6 is 11.3 Å². The summed E-state index contributed by atoms with van der Waals surface area (Å²) in [4.78, 5) is 30.3. The van der Waals surface area contributed by atoms with Gasteiger partial charge in [0.15, 0.2) is 5.13 Å². The lowest BCUT2D eigenvalue weighted by molar-refractivity contribution is -0.133. The minimum Gasteiger partial charge on any atom is -0.338 e. The van der Waals surface area contributed by atoms with Gasteiger partial charge in [-0.05, 0) is 19.3 Å². The van der Waals surface area contributed by atoms with E-state index in [-0.39, 0.29) is 30.2 Å². The largest absolute Gasteiger partial charge is 0.338 e. The number of piperidine rings is 1. The molecule has 6 nitrogen and oxygen atoms in total. The summed E-state index contributed by atoms with van der Waals surface area (Å²) in [5.74, 6) is -0.0821. The number of likely N-dealkylation sites (tertiary alicyclic amines) is 1. The molecule has 122 valence electrons. The highest BCUT2D eigenvalue weighted by Gasteiger charge is 2.26. The fraction of sp³-hybridized carbons (Fsp3) is 0.667. The highest BCUT2D eigenvalue weighted by Crippen LogP contribution is 2.20. The minimum atomic E-state index is -0.0901. The third-order valence-corrected chi connectivity index (χ3v) is 4.66. The second kappa shape index (κ2) is 7.69. The molecule has 1 unspecified atom stereocenters. The maximum absolute atomic E-state index is 12.4. The van der Waals surface area contributed by atoms with Crippen molar-refractivity contribution in [1.29, 1.82) is 0 Å². The van der Waals surface area contributed by atoms with Crippen LogP contribution in [-0.4, -0.2) is 40.8 Å². The van der Waals surface area contributed by atoms with Gasteiger partial charge in [-0.15, -0.1) is 11.3 Å². The van der Waals surface area contributed by atoms with Crippen molar-refractivity contribution >= 4 is 28.3 Å². The molecule has 22 heavy (non-hydrogen) atoms. The Bertz CT molecular complexity index is 529. The van der Waals surface area contributed by atoms with E-state index in [0.717, 1.165) is 25.8 Å². The quantitative estimate of drug-likeness (QED) is 0.861. The summed E-state index contributed by atoms with van der Waals surface area (Å²) in [7, 11) is 0. The summed E-state index contributed by atoms with van der Waals surface area (Å²) >= 11 is 1.35. The molecule has 3 N–H and O–H groups in total. The molecule has 2 amide bonds. The molecule has 7 heteroatoms. The van der Waals surface area contributed by atoms with Crippen LogP contribution in [0, 0.1) is 5.92 Å². The first kappa shape index (κ1) is 16.9. The van der Waals surface area contributed by atoms with Crippen molar-refractivity contribution in [3.8, 4) is 0 Å². The molecule has 1 fully saturated rings. The SMILES string of the molecule is CC(C)C(=O)Nc1nc(CC(=O)N2CCCCC2CN)cs1. The van der Waals surface area contributed by atoms with Gasteiger partial charge in [-0.1, -0.05) is 13.8 Å². The molecule has 1 aliphatic rings. The minimum absolute atomic E-state index is 0.0635. The average molecular weight is 324 g/mol. The summed E-state index contributed by atoms with van der Waals surface area (Å²) < 4.78 is 0. The Morgan fingerprint density at radius 3 is 2.95 bits per heavy atom. The second-order valence-corrected chi connectivity index (χ2v) is 6.80. The Morgan fingerprint density at radius 2 is 2.27 bits per heavy atom. The zero-order chi connectivity index (χ0) is 16.1. The molecular weight excluding hydrogens is 300 g/mol. The zero-order valence-corrected chi connectivity index (χ0v) is 14.0. The summed E-state index contributed by atoms with van der Waals surface area (Å²) in [6.45, 7) is 4.95. The predicted octanol–water partition coefficient (Wildman–Crippen LogP) is 1.62. The van der Waals surface area contributed by atoms with Crippen LogP contribution in [-0.2, 0) is 16.0 Å². The van der Waals surface area contributed by atoms with Gasteiger partial charge in [-0.2, -0.15) is 0 Å². The van der Waals surface area contributed by atoms with E-state index in [1.807, 2.05) is 24.1 Å². The van der Waals surface area contributed by atoms with Gasteiger partial charge in [0.25, 0.3) is 0 Å². The van der Waals surface area contributed by atoms with Gasteiger partial charge in [0.05, 0.1) is 12.1 Å². The number of carbonyl (C=O) groups excluding carboxylic acids is 2. The number of nitrogens with two attached hydrogens (primary N) is 1. The Kier molecular flexibility index (Phi) is 5.90. The number of nitrogens with zero attached hydrogens (tertiary/aromatic N) is 2. The van der Waals surface area contributed by atoms with Crippen molar-refractivity contribution < 1.29 is 9.59 Å². The normalized spacial score (nSPS) is 18.5. The number of amides is 2. The molecule has 0 aromatic carbocycles. The standard InChI is InChI=1S/C15H24N4O2S/c1-10(2)14(21)18-15-17-11(9-22-15)7-13(20)19-6-4-3-5-12(19)8-16/h9-10,12H,3-8,16H2,1-2H3,(H,17,18,21). The van der Waals surface area contributed by atoms with Crippen molar-refractivity contribution in [3.63, 3.8) is 0 Å². The van der Waals surface area contributed by atoms with E-state index in [1.165, 1.54) is 11.3 Å². The predicted molar refractivity (Wildman–Crippen MR) is 87.7 cm³/mol. The first-order valence-electron chi connectivity index (χ1n) is 7.76. The Labute approximate surface area is 135 Å². The number of aromatic nitrogens is 1. The molecular formula is C15H24N4O2S. The highest BCUT2D eigenvalue weighted by atomic mass is 32.1. The summed E-state index contributed by atoms with van der Waals surface area (Å²) in [5.41, 5.74) is 6.46. The van der Waals surface area contributed by atoms with Gasteiger partial charge < -0.3 is 16.0 Å². The highest BCUT2D eigenvalue weighted by molar-refractivity contribution is 7.13. The van der Waals surface area contributed by atoms with Crippen molar-refractivity contribution in [2.45, 2.75) is 45.6 Å². The van der Waals surface area contributed by atoms with Gasteiger partial charge in [0.2, 0.25) is 11.8 Å². The van der Waals surface area contributed by atoms with Crippen LogP contribution in [0.2, 0.25) is 0 Å². The number of carbonyl (C=O) groups is 2. The lowest BCUT2D eigenvalue weighted by Gasteiger charge is -2.35. The van der Waals surface area contributed by atoms with Crippen LogP contribution in [0.5, 0.6) is 0 Å². The van der Waals surface area contributed by atoms with Crippen LogP contribution in [0.1, 0.15) is 38.8 Å². The Hall–Kier alpha value is -1.47. The van der Waals surface area contributed by atoms with Crippen LogP contribution in [0.25, 0.3) is 0 Å². The molecule has 0 radical (unpaired) electrons. The third-order valence-electron chi connectivity index (χ3n) is 3.86. The van der Waals surface area contributed by atoms with E-state index in [4.69, 9.17) is 5.73 Å². The summed E-state index contributed by atoms with van der Waals surface area (Å²) in [6, 6.07) is 0.153. The third kappa shape index (κ3) is 4.27. The lowest BCUT2D eigenvalue weighted by Crippen LogP contribution is -2.48. The number of hydrogen-bond acceptors (Lipinski definition) is 5. The molecule has 0 spiro atoms. The van der Waals surface area contributed by atoms with E-state index in [1.54, 1.807) is 0 Å². The van der Waals surface area contributed by atoms with E-state index < -0.39 is 0 Å². The second-order valence-electron chi connectivity index (χ2n) is 5.94. The van der Waals surface area contributed by atoms with Crippen molar-refractivity contribution in [2.75, 3.05) is 18.4 Å². The van der Waals surface area contributed by atoms with E-state index in [0.29, 0.717) is 17.4 Å². The van der Waals surface area contributed by atoms with Gasteiger partial charge in [0.1, 0.15) is 0 Å². The molecule has 1 aromatic heterocycles. The topological polar surface area (TPSA) is 88.3 Å². The molecule has 2 rings (SSSR count). The molecule has 0 aliphatic carbocycles. The number of anilines is 1. The average Bonchev–Trinajstić information content (AvgIpc) is 2.94. The molecule has 1 aliphatic heterocycles. The van der Waals surface area contributed by atoms with Gasteiger partial charge >= 0.3 is 0 Å². The first-order valence-corrected chi connectivity index (χ1v) is 8.64. The molecule has 1 aromatic rings. The van der Waals surface area contributed by atoms with Crippen molar-refractivity contribution in [3.05, 3.63) is 11.1 Å². The number of nitrogens with one attached hydrogen (secondary N) is 1. The monoisotopic (exact) mass is 324 g/mol. The molecule has 1 saturated heterocycles. The molecule has 1 atom stereocenters. The first-order chi connectivity index (χ1) is 10.5. The molecule has 0 bridgehead atoms. The fourth-order valence-electron chi connectivity index (χ4n) is 2.53. The maximum Gasteiger partial charge on any atom is 0.228 e. The van der Waals surface area contributed by atoms with Crippen molar-refractivity contribution in [2.24, 2.45) is 11.7 Å². The number of thiazole rings is 1. The Balaban J connectivity index is 1.94. The summed E-state index contributed by atoms with van der Waals surface area (Å²) in [5, 5.41) is 5.14. The van der Waals surface area contributed by atoms with E-state index in [9.17, 15) is 9.59 Å². The van der Waals surface area contributed by atoms with Gasteiger partial charge in [-0.3, -0.25) is 9.59 Å². The Morgan fingerprint density at radius 1 is 1.50 bits per heavy atom. The van der Waals surface area contributed by atoms with Gasteiger partial charge in [0, 0.05) is 30.4 Å². The van der Waals surface area contributed by atoms with Crippen LogP contribution in [0.3, 0.4) is 0 Å². The summed E-state index contributed by atoms with van der Waals surface area (Å²) in [6.07, 6.45) is 3.42. The van der Waals surface area contributed by atoms with Crippen molar-refractivity contribution in [1.82, 2.24) is 9.88 Å². The van der Waals surface area contributed by atoms with E-state index >= 15 is 0 Å². The van der Waals surface area contributed by atoms with Crippen LogP contribution in [0.15, 0.2) is 5.38 Å². The maximum atomic E-state index is 12.4. The van der Waals surface area contributed by atoms with Crippen LogP contribution < -0.4 is 11.1 Å². The molecule has 0 saturated carbocycles.